The van der Waals surface area contributed by atoms with Gasteiger partial charge in [-0.1, -0.05) is 26.0 Å². The van der Waals surface area contributed by atoms with E-state index < -0.39 is 0 Å². The Bertz CT molecular complexity index is 460. The van der Waals surface area contributed by atoms with Crippen molar-refractivity contribution < 1.29 is 0 Å². The van der Waals surface area contributed by atoms with Gasteiger partial charge in [-0.3, -0.25) is 0 Å². The third kappa shape index (κ3) is 2.77. The molecular weight excluding hydrogens is 288 g/mol. The van der Waals surface area contributed by atoms with Crippen molar-refractivity contribution in [3.8, 4) is 0 Å². The van der Waals surface area contributed by atoms with Crippen molar-refractivity contribution in [1.29, 1.82) is 0 Å². The molecule has 0 bridgehead atoms. The van der Waals surface area contributed by atoms with E-state index >= 15 is 0 Å². The Morgan fingerprint density at radius 1 is 1.40 bits per heavy atom. The molecule has 0 nitrogen and oxygen atoms in total. The van der Waals surface area contributed by atoms with Crippen molar-refractivity contribution in [2.24, 2.45) is 0 Å². The molecule has 0 unspecified atom stereocenters. The molecule has 0 fully saturated rings. The van der Waals surface area contributed by atoms with Crippen LogP contribution in [0.2, 0.25) is 0 Å². The molecule has 0 aliphatic carbocycles. The zero-order valence-electron chi connectivity index (χ0n) is 8.79. The maximum absolute atomic E-state index is 3.59. The van der Waals surface area contributed by atoms with Crippen LogP contribution in [0.15, 0.2) is 28.7 Å². The third-order valence-electron chi connectivity index (χ3n) is 2.11. The molecule has 1 aromatic heterocycles. The summed E-state index contributed by atoms with van der Waals surface area (Å²) >= 11 is 7.49. The highest BCUT2D eigenvalue weighted by Crippen LogP contribution is 2.34. The standard InChI is InChI=1S/C12H13BrS2/c1-8(2)14-7-10-6-9-4-3-5-11(13)12(9)15-10/h3-6,8H,7H2,1-2H3. The van der Waals surface area contributed by atoms with Gasteiger partial charge in [-0.25, -0.2) is 0 Å². The second-order valence-corrected chi connectivity index (χ2v) is 7.29. The van der Waals surface area contributed by atoms with Crippen LogP contribution in [0.25, 0.3) is 10.1 Å². The predicted octanol–water partition coefficient (Wildman–Crippen LogP) is 5.31. The highest BCUT2D eigenvalue weighted by molar-refractivity contribution is 9.10. The van der Waals surface area contributed by atoms with Crippen LogP contribution in [0.4, 0.5) is 0 Å². The monoisotopic (exact) mass is 300 g/mol. The molecule has 0 aliphatic heterocycles. The van der Waals surface area contributed by atoms with Crippen molar-refractivity contribution in [1.82, 2.24) is 0 Å². The third-order valence-corrected chi connectivity index (χ3v) is 5.54. The van der Waals surface area contributed by atoms with E-state index in [1.165, 1.54) is 19.4 Å². The average molecular weight is 301 g/mol. The van der Waals surface area contributed by atoms with E-state index in [2.05, 4.69) is 54.0 Å². The Labute approximate surface area is 107 Å². The Hall–Kier alpha value is 0.01000. The number of hydrogen-bond acceptors (Lipinski definition) is 2. The molecule has 1 heterocycles. The number of fused-ring (bicyclic) bond motifs is 1. The molecule has 15 heavy (non-hydrogen) atoms. The lowest BCUT2D eigenvalue weighted by Gasteiger charge is -2.00. The smallest absolute Gasteiger partial charge is 0.0488 e. The van der Waals surface area contributed by atoms with E-state index in [1.807, 2.05) is 23.1 Å². The number of thioether (sulfide) groups is 1. The lowest BCUT2D eigenvalue weighted by atomic mass is 10.2. The minimum absolute atomic E-state index is 0.707. The Morgan fingerprint density at radius 2 is 2.20 bits per heavy atom. The first-order chi connectivity index (χ1) is 7.16. The van der Waals surface area contributed by atoms with Crippen molar-refractivity contribution in [3.05, 3.63) is 33.6 Å². The molecule has 0 saturated heterocycles. The zero-order chi connectivity index (χ0) is 10.8. The molecular formula is C12H13BrS2. The zero-order valence-corrected chi connectivity index (χ0v) is 12.0. The summed E-state index contributed by atoms with van der Waals surface area (Å²) in [7, 11) is 0. The van der Waals surface area contributed by atoms with Crippen LogP contribution in [-0.4, -0.2) is 5.25 Å². The van der Waals surface area contributed by atoms with Crippen LogP contribution in [0, 0.1) is 0 Å². The fourth-order valence-electron chi connectivity index (χ4n) is 1.40. The molecule has 2 aromatic rings. The van der Waals surface area contributed by atoms with Crippen molar-refractivity contribution in [2.75, 3.05) is 0 Å². The van der Waals surface area contributed by atoms with Gasteiger partial charge in [-0.15, -0.1) is 11.3 Å². The van der Waals surface area contributed by atoms with Gasteiger partial charge in [0.25, 0.3) is 0 Å². The first-order valence-electron chi connectivity index (χ1n) is 4.95. The van der Waals surface area contributed by atoms with Crippen LogP contribution in [-0.2, 0) is 5.75 Å². The summed E-state index contributed by atoms with van der Waals surface area (Å²) in [5.41, 5.74) is 0. The fraction of sp³-hybridized carbons (Fsp3) is 0.333. The van der Waals surface area contributed by atoms with Crippen molar-refractivity contribution in [3.63, 3.8) is 0 Å². The molecule has 0 N–H and O–H groups in total. The van der Waals surface area contributed by atoms with Crippen LogP contribution in [0.3, 0.4) is 0 Å². The van der Waals surface area contributed by atoms with E-state index in [1.54, 1.807) is 0 Å². The van der Waals surface area contributed by atoms with E-state index in [0.29, 0.717) is 5.25 Å². The minimum Gasteiger partial charge on any atom is -0.154 e. The number of rotatable bonds is 3. The average Bonchev–Trinajstić information content (AvgIpc) is 2.59. The van der Waals surface area contributed by atoms with Gasteiger partial charge in [0.1, 0.15) is 0 Å². The van der Waals surface area contributed by atoms with E-state index in [-0.39, 0.29) is 0 Å². The Kier molecular flexibility index (Phi) is 3.75. The quantitative estimate of drug-likeness (QED) is 0.740. The molecule has 0 saturated carbocycles. The van der Waals surface area contributed by atoms with Crippen LogP contribution < -0.4 is 0 Å². The molecule has 0 amide bonds. The van der Waals surface area contributed by atoms with E-state index in [9.17, 15) is 0 Å². The lowest BCUT2D eigenvalue weighted by molar-refractivity contribution is 1.11. The summed E-state index contributed by atoms with van der Waals surface area (Å²) in [5.74, 6) is 1.13. The summed E-state index contributed by atoms with van der Waals surface area (Å²) in [6.07, 6.45) is 0. The van der Waals surface area contributed by atoms with Crippen LogP contribution >= 0.6 is 39.0 Å². The first-order valence-corrected chi connectivity index (χ1v) is 7.61. The summed E-state index contributed by atoms with van der Waals surface area (Å²) < 4.78 is 2.59. The first kappa shape index (κ1) is 11.5. The van der Waals surface area contributed by atoms with Crippen LogP contribution in [0.1, 0.15) is 18.7 Å². The van der Waals surface area contributed by atoms with Crippen molar-refractivity contribution >= 4 is 49.1 Å². The maximum Gasteiger partial charge on any atom is 0.0488 e. The molecule has 3 heteroatoms. The van der Waals surface area contributed by atoms with Gasteiger partial charge in [0, 0.05) is 19.8 Å². The number of thiophene rings is 1. The minimum atomic E-state index is 0.707. The largest absolute Gasteiger partial charge is 0.154 e. The van der Waals surface area contributed by atoms with Gasteiger partial charge < -0.3 is 0 Å². The fourth-order valence-corrected chi connectivity index (χ4v) is 3.90. The van der Waals surface area contributed by atoms with Gasteiger partial charge in [0.2, 0.25) is 0 Å². The number of halogens is 1. The van der Waals surface area contributed by atoms with Gasteiger partial charge in [-0.05, 0) is 38.7 Å². The normalized spacial score (nSPS) is 11.5. The van der Waals surface area contributed by atoms with Crippen molar-refractivity contribution in [2.45, 2.75) is 24.9 Å². The predicted molar refractivity (Wildman–Crippen MR) is 76.0 cm³/mol. The summed E-state index contributed by atoms with van der Waals surface area (Å²) in [6.45, 7) is 4.49. The summed E-state index contributed by atoms with van der Waals surface area (Å²) in [4.78, 5) is 1.47. The maximum atomic E-state index is 3.59. The Morgan fingerprint density at radius 3 is 2.87 bits per heavy atom. The van der Waals surface area contributed by atoms with E-state index in [0.717, 1.165) is 5.75 Å². The van der Waals surface area contributed by atoms with E-state index in [4.69, 9.17) is 0 Å². The SMILES string of the molecule is CC(C)SCc1cc2cccc(Br)c2s1. The topological polar surface area (TPSA) is 0 Å². The number of hydrogen-bond donors (Lipinski definition) is 0. The highest BCUT2D eigenvalue weighted by atomic mass is 79.9. The summed E-state index contributed by atoms with van der Waals surface area (Å²) in [5, 5.41) is 2.06. The summed E-state index contributed by atoms with van der Waals surface area (Å²) in [6, 6.07) is 8.69. The molecule has 0 spiro atoms. The van der Waals surface area contributed by atoms with Gasteiger partial charge >= 0.3 is 0 Å². The molecule has 0 atom stereocenters. The van der Waals surface area contributed by atoms with Gasteiger partial charge in [0.05, 0.1) is 0 Å². The molecule has 0 aliphatic rings. The Balaban J connectivity index is 2.27. The molecule has 2 rings (SSSR count). The molecule has 1 aromatic carbocycles. The second kappa shape index (κ2) is 4.89. The second-order valence-electron chi connectivity index (χ2n) is 3.73. The molecule has 0 radical (unpaired) electrons. The number of benzene rings is 1. The lowest BCUT2D eigenvalue weighted by Crippen LogP contribution is -1.85. The van der Waals surface area contributed by atoms with Crippen LogP contribution in [0.5, 0.6) is 0 Å². The molecule has 80 valence electrons. The van der Waals surface area contributed by atoms with Gasteiger partial charge in [-0.2, -0.15) is 11.8 Å². The van der Waals surface area contributed by atoms with Gasteiger partial charge in [0.15, 0.2) is 0 Å². The highest BCUT2D eigenvalue weighted by Gasteiger charge is 2.05.